The first-order valence-corrected chi connectivity index (χ1v) is 5.97. The van der Waals surface area contributed by atoms with Crippen LogP contribution in [0.4, 0.5) is 0 Å². The quantitative estimate of drug-likeness (QED) is 0.764. The third-order valence-corrected chi connectivity index (χ3v) is 3.16. The molecule has 2 heterocycles. The van der Waals surface area contributed by atoms with E-state index < -0.39 is 0 Å². The van der Waals surface area contributed by atoms with Crippen LogP contribution in [0.2, 0.25) is 0 Å². The number of alkyl halides is 1. The molecule has 0 aliphatic heterocycles. The van der Waals surface area contributed by atoms with Gasteiger partial charge in [-0.15, -0.1) is 11.6 Å². The molecule has 2 aromatic rings. The summed E-state index contributed by atoms with van der Waals surface area (Å²) in [4.78, 5) is 4.07. The lowest BCUT2D eigenvalue weighted by Gasteiger charge is -2.05. The molecule has 16 heavy (non-hydrogen) atoms. The molecule has 1 aliphatic carbocycles. The van der Waals surface area contributed by atoms with Gasteiger partial charge in [0.15, 0.2) is 0 Å². The highest BCUT2D eigenvalue weighted by molar-refractivity contribution is 6.17. The van der Waals surface area contributed by atoms with E-state index in [2.05, 4.69) is 16.1 Å². The molecule has 0 aromatic carbocycles. The normalized spacial score (nSPS) is 15.3. The van der Waals surface area contributed by atoms with Crippen LogP contribution in [-0.2, 0) is 5.88 Å². The Labute approximate surface area is 99.1 Å². The fraction of sp³-hybridized carbons (Fsp3) is 0.333. The molecule has 1 aliphatic rings. The molecular formula is C12H12ClN3. The van der Waals surface area contributed by atoms with Crippen molar-refractivity contribution in [3.63, 3.8) is 0 Å². The molecule has 0 bridgehead atoms. The molecule has 2 aromatic heterocycles. The SMILES string of the molecule is ClCc1cnccc1-n1ccc(C2CC2)n1. The summed E-state index contributed by atoms with van der Waals surface area (Å²) >= 11 is 5.88. The third kappa shape index (κ3) is 1.71. The lowest BCUT2D eigenvalue weighted by atomic mass is 10.2. The van der Waals surface area contributed by atoms with Crippen molar-refractivity contribution in [1.29, 1.82) is 0 Å². The van der Waals surface area contributed by atoms with Gasteiger partial charge in [-0.2, -0.15) is 5.10 Å². The van der Waals surface area contributed by atoms with Crippen LogP contribution in [0.25, 0.3) is 5.69 Å². The molecule has 3 rings (SSSR count). The van der Waals surface area contributed by atoms with Crippen molar-refractivity contribution in [1.82, 2.24) is 14.8 Å². The van der Waals surface area contributed by atoms with Crippen LogP contribution in [0, 0.1) is 0 Å². The van der Waals surface area contributed by atoms with Crippen LogP contribution in [0.1, 0.15) is 30.0 Å². The Morgan fingerprint density at radius 2 is 2.25 bits per heavy atom. The zero-order valence-corrected chi connectivity index (χ0v) is 9.56. The van der Waals surface area contributed by atoms with Gasteiger partial charge >= 0.3 is 0 Å². The number of hydrogen-bond acceptors (Lipinski definition) is 2. The Balaban J connectivity index is 2.00. The van der Waals surface area contributed by atoms with Gasteiger partial charge in [-0.05, 0) is 25.0 Å². The van der Waals surface area contributed by atoms with E-state index in [0.717, 1.165) is 11.3 Å². The van der Waals surface area contributed by atoms with E-state index >= 15 is 0 Å². The van der Waals surface area contributed by atoms with Gasteiger partial charge in [0.1, 0.15) is 0 Å². The van der Waals surface area contributed by atoms with Gasteiger partial charge in [0.2, 0.25) is 0 Å². The number of hydrogen-bond donors (Lipinski definition) is 0. The van der Waals surface area contributed by atoms with Crippen molar-refractivity contribution in [2.24, 2.45) is 0 Å². The minimum atomic E-state index is 0.460. The number of pyridine rings is 1. The van der Waals surface area contributed by atoms with Crippen LogP contribution in [0.15, 0.2) is 30.7 Å². The predicted molar refractivity (Wildman–Crippen MR) is 62.9 cm³/mol. The fourth-order valence-corrected chi connectivity index (χ4v) is 2.02. The van der Waals surface area contributed by atoms with Crippen LogP contribution in [0.3, 0.4) is 0 Å². The Kier molecular flexibility index (Phi) is 2.40. The van der Waals surface area contributed by atoms with E-state index in [4.69, 9.17) is 11.6 Å². The molecule has 0 atom stereocenters. The van der Waals surface area contributed by atoms with E-state index in [1.807, 2.05) is 16.9 Å². The molecule has 0 radical (unpaired) electrons. The molecular weight excluding hydrogens is 222 g/mol. The monoisotopic (exact) mass is 233 g/mol. The van der Waals surface area contributed by atoms with E-state index in [-0.39, 0.29) is 0 Å². The Hall–Kier alpha value is -1.35. The molecule has 82 valence electrons. The summed E-state index contributed by atoms with van der Waals surface area (Å²) in [7, 11) is 0. The second-order valence-electron chi connectivity index (χ2n) is 4.10. The third-order valence-electron chi connectivity index (χ3n) is 2.87. The lowest BCUT2D eigenvalue weighted by Crippen LogP contribution is -2.00. The van der Waals surface area contributed by atoms with Crippen molar-refractivity contribution in [2.45, 2.75) is 24.6 Å². The summed E-state index contributed by atoms with van der Waals surface area (Å²) in [5.41, 5.74) is 3.23. The van der Waals surface area contributed by atoms with Crippen molar-refractivity contribution in [3.8, 4) is 5.69 Å². The zero-order valence-electron chi connectivity index (χ0n) is 8.81. The molecule has 4 heteroatoms. The highest BCUT2D eigenvalue weighted by atomic mass is 35.5. The first-order valence-electron chi connectivity index (χ1n) is 5.43. The minimum Gasteiger partial charge on any atom is -0.264 e. The van der Waals surface area contributed by atoms with E-state index in [9.17, 15) is 0 Å². The second-order valence-corrected chi connectivity index (χ2v) is 4.36. The van der Waals surface area contributed by atoms with Crippen LogP contribution in [-0.4, -0.2) is 14.8 Å². The largest absolute Gasteiger partial charge is 0.264 e. The van der Waals surface area contributed by atoms with Crippen LogP contribution < -0.4 is 0 Å². The predicted octanol–water partition coefficient (Wildman–Crippen LogP) is 2.88. The van der Waals surface area contributed by atoms with Gasteiger partial charge in [-0.3, -0.25) is 4.98 Å². The molecule has 3 nitrogen and oxygen atoms in total. The maximum atomic E-state index is 5.88. The van der Waals surface area contributed by atoms with Crippen LogP contribution in [0.5, 0.6) is 0 Å². The van der Waals surface area contributed by atoms with E-state index in [1.165, 1.54) is 18.5 Å². The van der Waals surface area contributed by atoms with Gasteiger partial charge in [-0.1, -0.05) is 0 Å². The smallest absolute Gasteiger partial charge is 0.0720 e. The molecule has 1 fully saturated rings. The highest BCUT2D eigenvalue weighted by Gasteiger charge is 2.25. The summed E-state index contributed by atoms with van der Waals surface area (Å²) in [6.45, 7) is 0. The van der Waals surface area contributed by atoms with Crippen molar-refractivity contribution >= 4 is 11.6 Å². The first kappa shape index (κ1) is 9.85. The standard InChI is InChI=1S/C12H12ClN3/c13-7-10-8-14-5-3-12(10)16-6-4-11(15-16)9-1-2-9/h3-6,8-9H,1-2,7H2. The van der Waals surface area contributed by atoms with Crippen LogP contribution >= 0.6 is 11.6 Å². The van der Waals surface area contributed by atoms with Gasteiger partial charge < -0.3 is 0 Å². The lowest BCUT2D eigenvalue weighted by molar-refractivity contribution is 0.828. The number of rotatable bonds is 3. The number of aromatic nitrogens is 3. The van der Waals surface area contributed by atoms with E-state index in [0.29, 0.717) is 11.8 Å². The zero-order chi connectivity index (χ0) is 11.0. The summed E-state index contributed by atoms with van der Waals surface area (Å²) < 4.78 is 1.90. The molecule has 0 unspecified atom stereocenters. The van der Waals surface area contributed by atoms with Gasteiger partial charge in [-0.25, -0.2) is 4.68 Å². The fourth-order valence-electron chi connectivity index (χ4n) is 1.82. The van der Waals surface area contributed by atoms with Gasteiger partial charge in [0.25, 0.3) is 0 Å². The van der Waals surface area contributed by atoms with E-state index in [1.54, 1.807) is 12.4 Å². The van der Waals surface area contributed by atoms with Gasteiger partial charge in [0.05, 0.1) is 17.3 Å². The number of halogens is 1. The van der Waals surface area contributed by atoms with Crippen molar-refractivity contribution in [2.75, 3.05) is 0 Å². The molecule has 0 spiro atoms. The average molecular weight is 234 g/mol. The molecule has 0 saturated heterocycles. The summed E-state index contributed by atoms with van der Waals surface area (Å²) in [6, 6.07) is 4.04. The average Bonchev–Trinajstić information content (AvgIpc) is 3.07. The molecule has 1 saturated carbocycles. The summed E-state index contributed by atoms with van der Waals surface area (Å²) in [5.74, 6) is 1.14. The molecule has 0 amide bonds. The summed E-state index contributed by atoms with van der Waals surface area (Å²) in [5, 5.41) is 4.58. The Bertz CT molecular complexity index is 502. The topological polar surface area (TPSA) is 30.7 Å². The second kappa shape index (κ2) is 3.91. The van der Waals surface area contributed by atoms with Crippen molar-refractivity contribution < 1.29 is 0 Å². The Morgan fingerprint density at radius 1 is 1.38 bits per heavy atom. The van der Waals surface area contributed by atoms with Gasteiger partial charge in [0, 0.05) is 30.1 Å². The number of nitrogens with zero attached hydrogens (tertiary/aromatic N) is 3. The summed E-state index contributed by atoms with van der Waals surface area (Å²) in [6.07, 6.45) is 8.11. The molecule has 0 N–H and O–H groups in total. The maximum Gasteiger partial charge on any atom is 0.0720 e. The Morgan fingerprint density at radius 3 is 3.00 bits per heavy atom. The highest BCUT2D eigenvalue weighted by Crippen LogP contribution is 2.39. The first-order chi connectivity index (χ1) is 7.88. The maximum absolute atomic E-state index is 5.88. The van der Waals surface area contributed by atoms with Crippen molar-refractivity contribution in [3.05, 3.63) is 42.0 Å². The minimum absolute atomic E-state index is 0.460.